The lowest BCUT2D eigenvalue weighted by Gasteiger charge is -2.19. The van der Waals surface area contributed by atoms with E-state index in [4.69, 9.17) is 14.2 Å². The lowest BCUT2D eigenvalue weighted by atomic mass is 9.98. The summed E-state index contributed by atoms with van der Waals surface area (Å²) in [6, 6.07) is 17.9. The molecule has 1 heterocycles. The number of esters is 1. The van der Waals surface area contributed by atoms with Gasteiger partial charge < -0.3 is 29.8 Å². The van der Waals surface area contributed by atoms with Crippen molar-refractivity contribution in [2.24, 2.45) is 0 Å². The Morgan fingerprint density at radius 3 is 1.97 bits per heavy atom. The van der Waals surface area contributed by atoms with E-state index in [1.165, 1.54) is 6.92 Å². The molecule has 0 spiro atoms. The number of carbonyl (C=O) groups is 4. The van der Waals surface area contributed by atoms with Crippen LogP contribution in [0.2, 0.25) is 0 Å². The molecule has 0 aliphatic carbocycles. The molecule has 1 atom stereocenters. The smallest absolute Gasteiger partial charge is 0.431 e. The van der Waals surface area contributed by atoms with Gasteiger partial charge in [-0.05, 0) is 25.0 Å². The van der Waals surface area contributed by atoms with Crippen molar-refractivity contribution in [3.8, 4) is 0 Å². The lowest BCUT2D eigenvalue weighted by Crippen LogP contribution is -2.37. The number of rotatable bonds is 10. The van der Waals surface area contributed by atoms with Gasteiger partial charge >= 0.3 is 12.1 Å². The minimum atomic E-state index is -1.26. The standard InChI is InChI=1S/C27H28N4O8/c1-16(2)37-27(36)39-17(3)38-21(32)15-29-26(35)23-28-14-20(25(34)31-23)24(33)30-22(18-10-6-4-7-11-18)19-12-8-5-9-13-19/h4-14,16-17,22H,15H2,1-3H3,(H,29,35)(H,30,33)(H,28,31,34). The molecule has 0 radical (unpaired) electrons. The highest BCUT2D eigenvalue weighted by Gasteiger charge is 2.22. The van der Waals surface area contributed by atoms with Crippen LogP contribution in [0, 0.1) is 0 Å². The molecule has 2 amide bonds. The topological polar surface area (TPSA) is 166 Å². The highest BCUT2D eigenvalue weighted by Crippen LogP contribution is 2.22. The average molecular weight is 537 g/mol. The maximum absolute atomic E-state index is 13.0. The first-order valence-electron chi connectivity index (χ1n) is 12.0. The van der Waals surface area contributed by atoms with Crippen molar-refractivity contribution < 1.29 is 33.4 Å². The largest absolute Gasteiger partial charge is 0.511 e. The lowest BCUT2D eigenvalue weighted by molar-refractivity contribution is -0.167. The molecule has 3 aromatic rings. The quantitative estimate of drug-likeness (QED) is 0.261. The highest BCUT2D eigenvalue weighted by atomic mass is 16.8. The molecule has 3 rings (SSSR count). The van der Waals surface area contributed by atoms with Crippen molar-refractivity contribution in [3.63, 3.8) is 0 Å². The first kappa shape index (κ1) is 28.6. The first-order chi connectivity index (χ1) is 18.6. The third kappa shape index (κ3) is 8.52. The normalized spacial score (nSPS) is 11.4. The summed E-state index contributed by atoms with van der Waals surface area (Å²) in [6.07, 6.45) is -1.71. The maximum Gasteiger partial charge on any atom is 0.511 e. The average Bonchev–Trinajstić information content (AvgIpc) is 2.90. The molecule has 0 aliphatic rings. The van der Waals surface area contributed by atoms with Gasteiger partial charge in [-0.25, -0.2) is 9.78 Å². The second-order valence-electron chi connectivity index (χ2n) is 8.48. The van der Waals surface area contributed by atoms with Crippen LogP contribution in [0.3, 0.4) is 0 Å². The Balaban J connectivity index is 1.61. The summed E-state index contributed by atoms with van der Waals surface area (Å²) in [5.41, 5.74) is 0.463. The number of nitrogens with zero attached hydrogens (tertiary/aromatic N) is 1. The number of H-pyrrole nitrogens is 1. The number of amides is 2. The van der Waals surface area contributed by atoms with E-state index in [-0.39, 0.29) is 5.56 Å². The van der Waals surface area contributed by atoms with Crippen molar-refractivity contribution >= 4 is 23.9 Å². The number of hydrogen-bond donors (Lipinski definition) is 3. The summed E-state index contributed by atoms with van der Waals surface area (Å²) >= 11 is 0. The van der Waals surface area contributed by atoms with Crippen LogP contribution in [0.1, 0.15) is 58.9 Å². The maximum atomic E-state index is 13.0. The van der Waals surface area contributed by atoms with E-state index in [0.717, 1.165) is 17.3 Å². The van der Waals surface area contributed by atoms with Gasteiger partial charge in [-0.2, -0.15) is 0 Å². The number of aromatic nitrogens is 2. The summed E-state index contributed by atoms with van der Waals surface area (Å²) in [6.45, 7) is 3.94. The zero-order valence-corrected chi connectivity index (χ0v) is 21.5. The Morgan fingerprint density at radius 1 is 0.846 bits per heavy atom. The summed E-state index contributed by atoms with van der Waals surface area (Å²) in [5, 5.41) is 5.05. The minimum absolute atomic E-state index is 0.304. The van der Waals surface area contributed by atoms with Gasteiger partial charge in [0.25, 0.3) is 17.4 Å². The van der Waals surface area contributed by atoms with Gasteiger partial charge in [0.15, 0.2) is 5.82 Å². The molecule has 0 fully saturated rings. The van der Waals surface area contributed by atoms with Crippen LogP contribution in [-0.4, -0.2) is 52.8 Å². The molecular weight excluding hydrogens is 508 g/mol. The van der Waals surface area contributed by atoms with Crippen molar-refractivity contribution in [3.05, 3.63) is 99.7 Å². The van der Waals surface area contributed by atoms with Crippen LogP contribution in [0.5, 0.6) is 0 Å². The van der Waals surface area contributed by atoms with Crippen LogP contribution < -0.4 is 16.2 Å². The van der Waals surface area contributed by atoms with Crippen molar-refractivity contribution in [2.45, 2.75) is 39.2 Å². The van der Waals surface area contributed by atoms with E-state index >= 15 is 0 Å². The fourth-order valence-corrected chi connectivity index (χ4v) is 3.37. The summed E-state index contributed by atoms with van der Waals surface area (Å²) < 4.78 is 14.4. The van der Waals surface area contributed by atoms with Gasteiger partial charge in [0.2, 0.25) is 6.29 Å². The molecule has 3 N–H and O–H groups in total. The molecule has 39 heavy (non-hydrogen) atoms. The Kier molecular flexibility index (Phi) is 9.90. The van der Waals surface area contributed by atoms with Crippen LogP contribution in [0.25, 0.3) is 0 Å². The molecule has 0 aliphatic heterocycles. The predicted octanol–water partition coefficient (Wildman–Crippen LogP) is 2.47. The molecule has 1 aromatic heterocycles. The van der Waals surface area contributed by atoms with Gasteiger partial charge in [-0.15, -0.1) is 0 Å². The number of aromatic amines is 1. The van der Waals surface area contributed by atoms with Crippen molar-refractivity contribution in [2.75, 3.05) is 6.54 Å². The Morgan fingerprint density at radius 2 is 1.44 bits per heavy atom. The number of carbonyl (C=O) groups excluding carboxylic acids is 4. The fourth-order valence-electron chi connectivity index (χ4n) is 3.37. The highest BCUT2D eigenvalue weighted by molar-refractivity contribution is 5.95. The summed E-state index contributed by atoms with van der Waals surface area (Å²) in [4.78, 5) is 67.4. The Labute approximate surface area is 223 Å². The zero-order valence-electron chi connectivity index (χ0n) is 21.5. The van der Waals surface area contributed by atoms with Crippen LogP contribution in [0.4, 0.5) is 4.79 Å². The molecule has 0 bridgehead atoms. The van der Waals surface area contributed by atoms with Gasteiger partial charge in [0.1, 0.15) is 12.1 Å². The van der Waals surface area contributed by atoms with Gasteiger partial charge in [0, 0.05) is 13.1 Å². The molecule has 0 saturated heterocycles. The van der Waals surface area contributed by atoms with Gasteiger partial charge in [-0.3, -0.25) is 19.2 Å². The number of hydrogen-bond acceptors (Lipinski definition) is 9. The van der Waals surface area contributed by atoms with E-state index in [2.05, 4.69) is 20.6 Å². The first-order valence-corrected chi connectivity index (χ1v) is 12.0. The van der Waals surface area contributed by atoms with Crippen LogP contribution in [0.15, 0.2) is 71.7 Å². The molecule has 1 unspecified atom stereocenters. The molecule has 0 saturated carbocycles. The molecular formula is C27H28N4O8. The predicted molar refractivity (Wildman–Crippen MR) is 138 cm³/mol. The summed E-state index contributed by atoms with van der Waals surface area (Å²) in [5.74, 6) is -2.92. The van der Waals surface area contributed by atoms with Crippen LogP contribution in [-0.2, 0) is 19.0 Å². The van der Waals surface area contributed by atoms with E-state index in [1.54, 1.807) is 13.8 Å². The van der Waals surface area contributed by atoms with Crippen molar-refractivity contribution in [1.82, 2.24) is 20.6 Å². The third-order valence-corrected chi connectivity index (χ3v) is 5.09. The molecule has 204 valence electrons. The number of benzene rings is 2. The molecule has 2 aromatic carbocycles. The minimum Gasteiger partial charge on any atom is -0.431 e. The van der Waals surface area contributed by atoms with E-state index in [9.17, 15) is 24.0 Å². The second-order valence-corrected chi connectivity index (χ2v) is 8.48. The fraction of sp³-hybridized carbons (Fsp3) is 0.259. The monoisotopic (exact) mass is 536 g/mol. The van der Waals surface area contributed by atoms with E-state index in [0.29, 0.717) is 0 Å². The number of ether oxygens (including phenoxy) is 3. The number of nitrogens with one attached hydrogen (secondary N) is 3. The van der Waals surface area contributed by atoms with Gasteiger partial charge in [-0.1, -0.05) is 60.7 Å². The molecule has 12 nitrogen and oxygen atoms in total. The Hall–Kier alpha value is -5.00. The van der Waals surface area contributed by atoms with Crippen LogP contribution >= 0.6 is 0 Å². The second kappa shape index (κ2) is 13.5. The molecule has 12 heteroatoms. The van der Waals surface area contributed by atoms with E-state index in [1.807, 2.05) is 60.7 Å². The van der Waals surface area contributed by atoms with E-state index < -0.39 is 60.3 Å². The summed E-state index contributed by atoms with van der Waals surface area (Å²) in [7, 11) is 0. The van der Waals surface area contributed by atoms with Gasteiger partial charge in [0.05, 0.1) is 12.1 Å². The Bertz CT molecular complexity index is 1320. The zero-order chi connectivity index (χ0) is 28.4. The van der Waals surface area contributed by atoms with Crippen molar-refractivity contribution in [1.29, 1.82) is 0 Å². The third-order valence-electron chi connectivity index (χ3n) is 5.09. The SMILES string of the molecule is CC(C)OC(=O)OC(C)OC(=O)CNC(=O)c1ncc(C(=O)NC(c2ccccc2)c2ccccc2)c(=O)[nH]1.